The van der Waals surface area contributed by atoms with Crippen LogP contribution in [0.4, 0.5) is 57.1 Å². The smallest absolute Gasteiger partial charge is 1.00 e. The number of halogens is 15. The summed E-state index contributed by atoms with van der Waals surface area (Å²) in [6.07, 6.45) is -6.73. The molecule has 0 unspecified atom stereocenters. The van der Waals surface area contributed by atoms with Gasteiger partial charge in [0.15, 0.2) is 19.7 Å². The molecule has 0 spiro atoms. The molecular weight excluding hydrogens is 1370 g/mol. The van der Waals surface area contributed by atoms with Crippen molar-refractivity contribution in [3.63, 3.8) is 0 Å². The minimum atomic E-state index is -6.47. The molecule has 0 atom stereocenters. The molecule has 66 heavy (non-hydrogen) atoms. The van der Waals surface area contributed by atoms with E-state index in [2.05, 4.69) is 65.9 Å². The number of H-pyrrole nitrogens is 1. The van der Waals surface area contributed by atoms with Gasteiger partial charge in [-0.25, -0.2) is 26.8 Å². The Balaban J connectivity index is -0.000000888. The maximum absolute atomic E-state index is 13.3. The number of carbonyl (C=O) groups is 1. The first-order chi connectivity index (χ1) is 28.9. The molecule has 4 rings (SSSR count). The Labute approximate surface area is 501 Å². The number of aryl methyl sites for hydroxylation is 1. The quantitative estimate of drug-likeness (QED) is 0.0520. The molecule has 0 aromatic carbocycles. The number of sulfone groups is 2. The minimum absolute atomic E-state index is 0. The molecule has 16 nitrogen and oxygen atoms in total. The fraction of sp³-hybridized carbons (Fsp3) is 0.433. The predicted octanol–water partition coefficient (Wildman–Crippen LogP) is 0.949. The molecule has 0 fully saturated rings. The number of hydrogen-bond acceptors (Lipinski definition) is 14. The summed E-state index contributed by atoms with van der Waals surface area (Å²) in [4.78, 5) is 30.3. The normalized spacial score (nSPS) is 12.4. The van der Waals surface area contributed by atoms with Gasteiger partial charge >= 0.3 is 178 Å². The summed E-state index contributed by atoms with van der Waals surface area (Å²) in [7, 11) is -13.5. The van der Waals surface area contributed by atoms with Gasteiger partial charge < -0.3 is 21.1 Å². The maximum atomic E-state index is 13.3. The summed E-state index contributed by atoms with van der Waals surface area (Å²) in [6, 6.07) is 2.85. The van der Waals surface area contributed by atoms with E-state index in [0.717, 1.165) is 12.0 Å². The number of nitrogens with one attached hydrogen (secondary N) is 1. The van der Waals surface area contributed by atoms with E-state index < -0.39 is 72.7 Å². The molecule has 36 heteroatoms. The van der Waals surface area contributed by atoms with E-state index in [1.807, 2.05) is 6.92 Å². The Morgan fingerprint density at radius 1 is 0.712 bits per heavy atom. The number of imidazole rings is 2. The molecule has 0 amide bonds. The first kappa shape index (κ1) is 68.2. The third kappa shape index (κ3) is 19.3. The van der Waals surface area contributed by atoms with Gasteiger partial charge in [-0.05, 0) is 57.8 Å². The number of aromatic amines is 1. The maximum Gasteiger partial charge on any atom is 1.00 e. The number of carbonyl (C=O) groups excluding carboxylic acids is 1. The van der Waals surface area contributed by atoms with Crippen molar-refractivity contribution in [3.8, 4) is 22.8 Å². The third-order valence-electron chi connectivity index (χ3n) is 7.36. The SMILES string of the molecule is CCS(=O)(=O)c1cc(Br)cnc1-c1nc[nH]c1C.CCS(=O)(=O)c1cc(Br)cnc1-c1ncn(CC(F)(F)C(F)(F)F)c1C.O=CO[O-].O=S(=O)(OCC(F)(F)C(F)(F)F)C(F)(F)F.[Cs+].[Cs+].[H-]. The number of nitrogens with zero attached hydrogens (tertiary/aromatic N) is 5. The Morgan fingerprint density at radius 3 is 1.45 bits per heavy atom. The number of aromatic nitrogens is 6. The van der Waals surface area contributed by atoms with E-state index >= 15 is 0 Å². The van der Waals surface area contributed by atoms with Gasteiger partial charge in [0.2, 0.25) is 0 Å². The largest absolute Gasteiger partial charge is 1.00 e. The fourth-order valence-corrected chi connectivity index (χ4v) is 7.54. The second-order valence-corrected chi connectivity index (χ2v) is 19.7. The third-order valence-corrected chi connectivity index (χ3v) is 12.7. The molecule has 0 aliphatic carbocycles. The van der Waals surface area contributed by atoms with E-state index in [-0.39, 0.29) is 184 Å². The topological polar surface area (TPSA) is 233 Å². The van der Waals surface area contributed by atoms with Crippen molar-refractivity contribution in [2.45, 2.75) is 73.7 Å². The zero-order valence-corrected chi connectivity index (χ0v) is 52.3. The summed E-state index contributed by atoms with van der Waals surface area (Å²) < 4.78 is 229. The molecule has 0 aliphatic heterocycles. The van der Waals surface area contributed by atoms with Crippen LogP contribution in [0.15, 0.2) is 55.9 Å². The first-order valence-corrected chi connectivity index (χ1v) is 22.5. The standard InChI is InChI=1S/C14H13BrF5N3O2S.C11H12BrN3O2S.C4H2F8O3S.CH2O3.2Cs.H/c1-3-26(24,25)10-4-9(15)5-21-12(10)11-8(2)23(7-22-11)6-13(16,17)14(18,19)20;1-3-18(16,17)9-4-8(12)5-13-11(9)10-7(2)14-6-15-10;5-2(6,3(7,8)9)1-15-16(13,14)4(10,11)12;2-1-4-3;;;/h4-5,7H,3,6H2,1-2H3;4-6H,3H2,1-2H3,(H,14,15);1H2;1,3H;;;/q;;;;2*+1;-1/p-1. The number of hydrogen-bond donors (Lipinski definition) is 1. The van der Waals surface area contributed by atoms with Gasteiger partial charge in [-0.1, -0.05) is 13.8 Å². The Hall–Kier alpha value is 0.114. The number of rotatable bonds is 12. The van der Waals surface area contributed by atoms with Gasteiger partial charge in [0.25, 0.3) is 6.47 Å². The van der Waals surface area contributed by atoms with Crippen LogP contribution in [0, 0.1) is 13.8 Å². The van der Waals surface area contributed by atoms with E-state index in [0.29, 0.717) is 24.9 Å². The van der Waals surface area contributed by atoms with Crippen LogP contribution in [-0.2, 0) is 50.2 Å². The second-order valence-electron chi connectivity index (χ2n) is 11.7. The summed E-state index contributed by atoms with van der Waals surface area (Å²) in [5, 5.41) is 8.43. The monoisotopic (exact) mass is 1400 g/mol. The van der Waals surface area contributed by atoms with Crippen molar-refractivity contribution in [1.82, 2.24) is 29.5 Å². The molecule has 0 bridgehead atoms. The summed E-state index contributed by atoms with van der Waals surface area (Å²) >= 11 is 6.34. The van der Waals surface area contributed by atoms with E-state index in [9.17, 15) is 82.3 Å². The zero-order chi connectivity index (χ0) is 50.1. The van der Waals surface area contributed by atoms with Gasteiger partial charge in [0.05, 0.1) is 40.5 Å². The second kappa shape index (κ2) is 27.2. The Bertz CT molecular complexity index is 2580. The van der Waals surface area contributed by atoms with Crippen molar-refractivity contribution in [2.24, 2.45) is 0 Å². The molecule has 4 aromatic rings. The van der Waals surface area contributed by atoms with Crippen LogP contribution in [0.2, 0.25) is 0 Å². The molecule has 1 N–H and O–H groups in total. The first-order valence-electron chi connectivity index (χ1n) is 16.2. The summed E-state index contributed by atoms with van der Waals surface area (Å²) in [6.45, 7) is 1.31. The molecule has 0 saturated carbocycles. The molecule has 4 aromatic heterocycles. The van der Waals surface area contributed by atoms with Gasteiger partial charge in [0.1, 0.15) is 29.4 Å². The minimum Gasteiger partial charge on any atom is -1.00 e. The molecular formula is C30H29Br2Cs2F13N6O10S3. The van der Waals surface area contributed by atoms with Crippen molar-refractivity contribution < 1.29 is 241 Å². The van der Waals surface area contributed by atoms with Gasteiger partial charge in [-0.15, -0.1) is 0 Å². The van der Waals surface area contributed by atoms with E-state index in [1.54, 1.807) is 19.2 Å². The summed E-state index contributed by atoms with van der Waals surface area (Å²) in [5.74, 6) is -10.9. The number of alkyl halides is 13. The van der Waals surface area contributed by atoms with Gasteiger partial charge in [0, 0.05) is 32.7 Å². The van der Waals surface area contributed by atoms with Crippen LogP contribution >= 0.6 is 31.9 Å². The van der Waals surface area contributed by atoms with Gasteiger partial charge in [-0.3, -0.25) is 18.9 Å². The van der Waals surface area contributed by atoms with Crippen molar-refractivity contribution >= 4 is 68.1 Å². The Kier molecular flexibility index (Phi) is 28.2. The molecule has 0 saturated heterocycles. The molecule has 364 valence electrons. The van der Waals surface area contributed by atoms with E-state index in [1.165, 1.54) is 32.4 Å². The summed E-state index contributed by atoms with van der Waals surface area (Å²) in [5.41, 5.74) is -4.57. The fourth-order valence-electron chi connectivity index (χ4n) is 4.02. The van der Waals surface area contributed by atoms with Crippen LogP contribution in [0.3, 0.4) is 0 Å². The van der Waals surface area contributed by atoms with Crippen LogP contribution in [0.5, 0.6) is 0 Å². The van der Waals surface area contributed by atoms with Crippen molar-refractivity contribution in [2.75, 3.05) is 18.1 Å². The predicted molar refractivity (Wildman–Crippen MR) is 199 cm³/mol. The Morgan fingerprint density at radius 2 is 1.12 bits per heavy atom. The molecule has 4 heterocycles. The van der Waals surface area contributed by atoms with Crippen LogP contribution in [0.1, 0.15) is 26.7 Å². The van der Waals surface area contributed by atoms with Crippen molar-refractivity contribution in [1.29, 1.82) is 0 Å². The van der Waals surface area contributed by atoms with Crippen molar-refractivity contribution in [3.05, 3.63) is 57.5 Å². The van der Waals surface area contributed by atoms with E-state index in [4.69, 9.17) is 10.1 Å². The average molecular weight is 1400 g/mol. The van der Waals surface area contributed by atoms with Crippen LogP contribution in [-0.4, -0.2) is 109 Å². The molecule has 0 radical (unpaired) electrons. The van der Waals surface area contributed by atoms with Crippen LogP contribution < -0.4 is 143 Å². The molecule has 0 aliphatic rings. The zero-order valence-electron chi connectivity index (χ0n) is 35.1. The average Bonchev–Trinajstić information content (AvgIpc) is 3.77. The van der Waals surface area contributed by atoms with Crippen LogP contribution in [0.25, 0.3) is 22.8 Å². The van der Waals surface area contributed by atoms with Gasteiger partial charge in [-0.2, -0.15) is 65.5 Å². The number of pyridine rings is 2.